The third kappa shape index (κ3) is 3.95. The average molecular weight is 376 g/mol. The molecule has 3 saturated carbocycles. The van der Waals surface area contributed by atoms with Crippen molar-refractivity contribution in [3.8, 4) is 0 Å². The van der Waals surface area contributed by atoms with E-state index in [0.717, 1.165) is 57.5 Å². The molecule has 0 atom stereocenters. The standard InChI is InChI=1S/C22H37N3O2/c1-23-14-16-24(17-15-23)11-2-19-3-12-25(13-4-19)20(27)22-8-5-21(18-26,6-9-22)7-10-22/h18-19H,2-17H2,1H3. The molecule has 5 fully saturated rings. The minimum Gasteiger partial charge on any atom is -0.342 e. The van der Waals surface area contributed by atoms with Crippen LogP contribution in [0.3, 0.4) is 0 Å². The van der Waals surface area contributed by atoms with E-state index in [2.05, 4.69) is 21.7 Å². The number of amides is 1. The Morgan fingerprint density at radius 3 is 2.07 bits per heavy atom. The minimum atomic E-state index is -0.128. The SMILES string of the molecule is CN1CCN(CCC2CCN(C(=O)C34CCC(C=O)(CC3)CC4)CC2)CC1. The van der Waals surface area contributed by atoms with Crippen molar-refractivity contribution < 1.29 is 9.59 Å². The zero-order chi connectivity index (χ0) is 18.9. The molecule has 0 radical (unpaired) electrons. The Labute approximate surface area is 164 Å². The maximum Gasteiger partial charge on any atom is 0.228 e. The van der Waals surface area contributed by atoms with E-state index in [1.165, 1.54) is 58.3 Å². The summed E-state index contributed by atoms with van der Waals surface area (Å²) in [7, 11) is 2.21. The van der Waals surface area contributed by atoms with Crippen LogP contribution in [0.4, 0.5) is 0 Å². The van der Waals surface area contributed by atoms with Gasteiger partial charge in [0, 0.05) is 50.1 Å². The molecule has 27 heavy (non-hydrogen) atoms. The van der Waals surface area contributed by atoms with Crippen molar-refractivity contribution >= 4 is 12.2 Å². The van der Waals surface area contributed by atoms with Crippen LogP contribution in [0.5, 0.6) is 0 Å². The third-order valence-corrected chi connectivity index (χ3v) is 8.36. The van der Waals surface area contributed by atoms with E-state index >= 15 is 0 Å². The Balaban J connectivity index is 1.22. The van der Waals surface area contributed by atoms with E-state index in [9.17, 15) is 9.59 Å². The summed E-state index contributed by atoms with van der Waals surface area (Å²) in [6.07, 6.45) is 10.4. The molecule has 0 aromatic heterocycles. The summed E-state index contributed by atoms with van der Waals surface area (Å²) in [6, 6.07) is 0. The van der Waals surface area contributed by atoms with Gasteiger partial charge in [-0.05, 0) is 77.3 Å². The van der Waals surface area contributed by atoms with Crippen molar-refractivity contribution in [3.05, 3.63) is 0 Å². The van der Waals surface area contributed by atoms with Crippen molar-refractivity contribution in [2.24, 2.45) is 16.7 Å². The molecule has 0 spiro atoms. The van der Waals surface area contributed by atoms with Crippen molar-refractivity contribution in [1.29, 1.82) is 0 Å². The van der Waals surface area contributed by atoms with E-state index in [1.54, 1.807) is 0 Å². The van der Waals surface area contributed by atoms with E-state index in [0.29, 0.717) is 5.91 Å². The van der Waals surface area contributed by atoms with E-state index in [-0.39, 0.29) is 10.8 Å². The molecule has 0 aromatic carbocycles. The van der Waals surface area contributed by atoms with E-state index < -0.39 is 0 Å². The molecular formula is C22H37N3O2. The van der Waals surface area contributed by atoms with Gasteiger partial charge in [-0.15, -0.1) is 0 Å². The summed E-state index contributed by atoms with van der Waals surface area (Å²) in [5, 5.41) is 0. The summed E-state index contributed by atoms with van der Waals surface area (Å²) in [5.74, 6) is 1.20. The normalized spacial score (nSPS) is 36.1. The van der Waals surface area contributed by atoms with Gasteiger partial charge in [-0.1, -0.05) is 0 Å². The Morgan fingerprint density at radius 2 is 1.52 bits per heavy atom. The number of piperazine rings is 1. The van der Waals surface area contributed by atoms with Gasteiger partial charge in [0.15, 0.2) is 0 Å². The molecule has 0 N–H and O–H groups in total. The average Bonchev–Trinajstić information content (AvgIpc) is 2.74. The lowest BCUT2D eigenvalue weighted by atomic mass is 9.54. The number of aldehydes is 1. The fourth-order valence-corrected chi connectivity index (χ4v) is 5.91. The fourth-order valence-electron chi connectivity index (χ4n) is 5.91. The predicted octanol–water partition coefficient (Wildman–Crippen LogP) is 2.40. The van der Waals surface area contributed by atoms with Crippen molar-refractivity contribution in [3.63, 3.8) is 0 Å². The first-order valence-electron chi connectivity index (χ1n) is 11.2. The molecule has 0 unspecified atom stereocenters. The number of hydrogen-bond donors (Lipinski definition) is 0. The molecule has 5 rings (SSSR count). The van der Waals surface area contributed by atoms with Gasteiger partial charge in [-0.2, -0.15) is 0 Å². The second-order valence-corrected chi connectivity index (χ2v) is 9.93. The monoisotopic (exact) mass is 375 g/mol. The topological polar surface area (TPSA) is 43.9 Å². The molecule has 2 saturated heterocycles. The summed E-state index contributed by atoms with van der Waals surface area (Å²) >= 11 is 0. The fraction of sp³-hybridized carbons (Fsp3) is 0.909. The molecule has 3 aliphatic carbocycles. The summed E-state index contributed by atoms with van der Waals surface area (Å²) < 4.78 is 0. The van der Waals surface area contributed by atoms with Crippen LogP contribution < -0.4 is 0 Å². The maximum atomic E-state index is 13.3. The van der Waals surface area contributed by atoms with Crippen LogP contribution in [-0.2, 0) is 9.59 Å². The zero-order valence-corrected chi connectivity index (χ0v) is 17.1. The molecule has 5 aliphatic rings. The van der Waals surface area contributed by atoms with Crippen LogP contribution in [0.2, 0.25) is 0 Å². The van der Waals surface area contributed by atoms with Crippen LogP contribution in [0, 0.1) is 16.7 Å². The molecule has 2 bridgehead atoms. The van der Waals surface area contributed by atoms with Gasteiger partial charge >= 0.3 is 0 Å². The van der Waals surface area contributed by atoms with Gasteiger partial charge in [-0.3, -0.25) is 4.79 Å². The molecule has 5 heteroatoms. The summed E-state index contributed by atoms with van der Waals surface area (Å²) in [6.45, 7) is 7.93. The van der Waals surface area contributed by atoms with Gasteiger partial charge in [0.2, 0.25) is 5.91 Å². The van der Waals surface area contributed by atoms with Gasteiger partial charge in [0.25, 0.3) is 0 Å². The first-order chi connectivity index (χ1) is 13.0. The number of carbonyl (C=O) groups is 2. The zero-order valence-electron chi connectivity index (χ0n) is 17.1. The van der Waals surface area contributed by atoms with Crippen molar-refractivity contribution in [2.45, 2.75) is 57.8 Å². The van der Waals surface area contributed by atoms with Crippen molar-refractivity contribution in [2.75, 3.05) is 52.9 Å². The van der Waals surface area contributed by atoms with Crippen LogP contribution in [0.1, 0.15) is 57.8 Å². The Kier molecular flexibility index (Phi) is 5.62. The van der Waals surface area contributed by atoms with Crippen molar-refractivity contribution in [1.82, 2.24) is 14.7 Å². The number of piperidine rings is 1. The predicted molar refractivity (Wildman–Crippen MR) is 106 cm³/mol. The second kappa shape index (κ2) is 7.82. The van der Waals surface area contributed by atoms with Gasteiger partial charge < -0.3 is 19.5 Å². The minimum absolute atomic E-state index is 0.0850. The van der Waals surface area contributed by atoms with Crippen LogP contribution in [0.25, 0.3) is 0 Å². The van der Waals surface area contributed by atoms with Gasteiger partial charge in [0.05, 0.1) is 0 Å². The lowest BCUT2D eigenvalue weighted by Crippen LogP contribution is -2.53. The Hall–Kier alpha value is -0.940. The number of likely N-dealkylation sites (N-methyl/N-ethyl adjacent to an activating group) is 1. The molecule has 2 heterocycles. The highest BCUT2D eigenvalue weighted by Gasteiger charge is 2.53. The molecule has 2 aliphatic heterocycles. The highest BCUT2D eigenvalue weighted by atomic mass is 16.2. The molecule has 0 aromatic rings. The number of rotatable bonds is 5. The highest BCUT2D eigenvalue weighted by Crippen LogP contribution is 2.56. The van der Waals surface area contributed by atoms with Gasteiger partial charge in [-0.25, -0.2) is 0 Å². The Bertz CT molecular complexity index is 523. The molecule has 5 nitrogen and oxygen atoms in total. The maximum absolute atomic E-state index is 13.3. The highest BCUT2D eigenvalue weighted by molar-refractivity contribution is 5.84. The number of carbonyl (C=O) groups excluding carboxylic acids is 2. The first kappa shape index (κ1) is 19.4. The lowest BCUT2D eigenvalue weighted by Gasteiger charge is -2.52. The number of likely N-dealkylation sites (tertiary alicyclic amines) is 1. The largest absolute Gasteiger partial charge is 0.342 e. The first-order valence-corrected chi connectivity index (χ1v) is 11.2. The number of hydrogen-bond acceptors (Lipinski definition) is 4. The quantitative estimate of drug-likeness (QED) is 0.692. The van der Waals surface area contributed by atoms with E-state index in [1.807, 2.05) is 0 Å². The smallest absolute Gasteiger partial charge is 0.228 e. The number of fused-ring (bicyclic) bond motifs is 3. The van der Waals surface area contributed by atoms with Crippen LogP contribution in [0.15, 0.2) is 0 Å². The summed E-state index contributed by atoms with van der Waals surface area (Å²) in [5.41, 5.74) is -0.213. The third-order valence-electron chi connectivity index (χ3n) is 8.36. The summed E-state index contributed by atoms with van der Waals surface area (Å²) in [4.78, 5) is 31.9. The van der Waals surface area contributed by atoms with E-state index in [4.69, 9.17) is 0 Å². The molecule has 152 valence electrons. The van der Waals surface area contributed by atoms with Crippen LogP contribution in [-0.4, -0.2) is 79.8 Å². The Morgan fingerprint density at radius 1 is 0.926 bits per heavy atom. The molecule has 1 amide bonds. The van der Waals surface area contributed by atoms with Gasteiger partial charge in [0.1, 0.15) is 6.29 Å². The number of nitrogens with zero attached hydrogens (tertiary/aromatic N) is 3. The second-order valence-electron chi connectivity index (χ2n) is 9.93. The lowest BCUT2D eigenvalue weighted by molar-refractivity contribution is -0.155. The van der Waals surface area contributed by atoms with Crippen LogP contribution >= 0.6 is 0 Å². The molecular weight excluding hydrogens is 338 g/mol.